The maximum Gasteiger partial charge on any atom is 0.311 e. The average molecular weight is 397 g/mol. The fraction of sp³-hybridized carbons (Fsp3) is 0.440. The molecule has 0 radical (unpaired) electrons. The molecule has 0 bridgehead atoms. The van der Waals surface area contributed by atoms with Crippen molar-refractivity contribution in [2.24, 2.45) is 0 Å². The second-order valence-corrected chi connectivity index (χ2v) is 7.40. The molecular formula is C25H32O4. The molecule has 0 aliphatic heterocycles. The Hall–Kier alpha value is -2.62. The van der Waals surface area contributed by atoms with Gasteiger partial charge in [0.2, 0.25) is 0 Å². The molecule has 2 aromatic carbocycles. The van der Waals surface area contributed by atoms with Gasteiger partial charge in [-0.1, -0.05) is 94.7 Å². The van der Waals surface area contributed by atoms with Crippen LogP contribution in [0.25, 0.3) is 0 Å². The number of ketones is 1. The number of unbranched alkanes of at least 4 members (excludes halogenated alkanes) is 8. The van der Waals surface area contributed by atoms with E-state index >= 15 is 0 Å². The first-order chi connectivity index (χ1) is 14.1. The first-order valence-electron chi connectivity index (χ1n) is 10.8. The Morgan fingerprint density at radius 3 is 2.07 bits per heavy atom. The van der Waals surface area contributed by atoms with Crippen LogP contribution in [0, 0.1) is 0 Å². The summed E-state index contributed by atoms with van der Waals surface area (Å²) in [5, 5.41) is 10.4. The van der Waals surface area contributed by atoms with E-state index in [-0.39, 0.29) is 28.8 Å². The topological polar surface area (TPSA) is 63.6 Å². The van der Waals surface area contributed by atoms with Gasteiger partial charge in [0.15, 0.2) is 17.3 Å². The van der Waals surface area contributed by atoms with E-state index in [4.69, 9.17) is 4.74 Å². The van der Waals surface area contributed by atoms with Crippen LogP contribution in [-0.4, -0.2) is 16.9 Å². The van der Waals surface area contributed by atoms with Crippen LogP contribution in [0.15, 0.2) is 48.5 Å². The van der Waals surface area contributed by atoms with Gasteiger partial charge >= 0.3 is 5.97 Å². The smallest absolute Gasteiger partial charge is 0.311 e. The second-order valence-electron chi connectivity index (χ2n) is 7.40. The lowest BCUT2D eigenvalue weighted by Crippen LogP contribution is -2.09. The molecule has 2 aromatic rings. The molecule has 0 atom stereocenters. The number of hydrogen-bond acceptors (Lipinski definition) is 4. The average Bonchev–Trinajstić information content (AvgIpc) is 2.74. The number of carbonyl (C=O) groups is 2. The van der Waals surface area contributed by atoms with Crippen LogP contribution < -0.4 is 4.74 Å². The van der Waals surface area contributed by atoms with Gasteiger partial charge in [0, 0.05) is 12.0 Å². The predicted molar refractivity (Wildman–Crippen MR) is 115 cm³/mol. The SMILES string of the molecule is CCCCCCCCCCCC(=O)Oc1cccc(C(=O)c2ccccc2)c1O. The molecule has 0 unspecified atom stereocenters. The van der Waals surface area contributed by atoms with Crippen molar-refractivity contribution in [3.8, 4) is 11.5 Å². The summed E-state index contributed by atoms with van der Waals surface area (Å²) >= 11 is 0. The molecule has 156 valence electrons. The zero-order valence-electron chi connectivity index (χ0n) is 17.4. The van der Waals surface area contributed by atoms with Crippen LogP contribution in [0.2, 0.25) is 0 Å². The quantitative estimate of drug-likeness (QED) is 0.183. The summed E-state index contributed by atoms with van der Waals surface area (Å²) in [5.41, 5.74) is 0.602. The van der Waals surface area contributed by atoms with Gasteiger partial charge in [0.1, 0.15) is 0 Å². The molecule has 0 saturated heterocycles. The maximum atomic E-state index is 12.6. The Kier molecular flexibility index (Phi) is 9.98. The highest BCUT2D eigenvalue weighted by molar-refractivity contribution is 6.11. The summed E-state index contributed by atoms with van der Waals surface area (Å²) < 4.78 is 5.30. The minimum absolute atomic E-state index is 0.0349. The molecular weight excluding hydrogens is 364 g/mol. The van der Waals surface area contributed by atoms with E-state index in [0.29, 0.717) is 12.0 Å². The lowest BCUT2D eigenvalue weighted by atomic mass is 10.0. The molecule has 0 amide bonds. The van der Waals surface area contributed by atoms with Gasteiger partial charge in [-0.25, -0.2) is 0 Å². The van der Waals surface area contributed by atoms with Crippen molar-refractivity contribution in [1.82, 2.24) is 0 Å². The number of hydrogen-bond donors (Lipinski definition) is 1. The highest BCUT2D eigenvalue weighted by Gasteiger charge is 2.18. The molecule has 0 heterocycles. The van der Waals surface area contributed by atoms with Crippen LogP contribution in [0.3, 0.4) is 0 Å². The van der Waals surface area contributed by atoms with E-state index in [1.54, 1.807) is 30.3 Å². The van der Waals surface area contributed by atoms with E-state index in [9.17, 15) is 14.7 Å². The Balaban J connectivity index is 1.77. The largest absolute Gasteiger partial charge is 0.504 e. The number of esters is 1. The fourth-order valence-corrected chi connectivity index (χ4v) is 3.29. The van der Waals surface area contributed by atoms with Gasteiger partial charge in [0.25, 0.3) is 0 Å². The van der Waals surface area contributed by atoms with Gasteiger partial charge in [-0.05, 0) is 18.6 Å². The first-order valence-corrected chi connectivity index (χ1v) is 10.8. The van der Waals surface area contributed by atoms with E-state index in [2.05, 4.69) is 6.92 Å². The van der Waals surface area contributed by atoms with Crippen LogP contribution in [-0.2, 0) is 4.79 Å². The van der Waals surface area contributed by atoms with Crippen molar-refractivity contribution in [3.63, 3.8) is 0 Å². The van der Waals surface area contributed by atoms with Gasteiger partial charge in [-0.2, -0.15) is 0 Å². The molecule has 4 heteroatoms. The summed E-state index contributed by atoms with van der Waals surface area (Å²) in [6.45, 7) is 2.22. The van der Waals surface area contributed by atoms with E-state index in [1.807, 2.05) is 6.07 Å². The third kappa shape index (κ3) is 7.72. The van der Waals surface area contributed by atoms with Crippen molar-refractivity contribution in [2.45, 2.75) is 71.1 Å². The minimum atomic E-state index is -0.382. The van der Waals surface area contributed by atoms with Gasteiger partial charge in [-0.15, -0.1) is 0 Å². The maximum absolute atomic E-state index is 12.6. The number of para-hydroxylation sites is 1. The lowest BCUT2D eigenvalue weighted by Gasteiger charge is -2.10. The number of phenolic OH excluding ortho intramolecular Hbond substituents is 1. The lowest BCUT2D eigenvalue weighted by molar-refractivity contribution is -0.134. The number of ether oxygens (including phenoxy) is 1. The zero-order valence-corrected chi connectivity index (χ0v) is 17.4. The first kappa shape index (κ1) is 22.7. The Bertz CT molecular complexity index is 768. The highest BCUT2D eigenvalue weighted by Crippen LogP contribution is 2.31. The normalized spacial score (nSPS) is 10.7. The van der Waals surface area contributed by atoms with Gasteiger partial charge in [0.05, 0.1) is 5.56 Å². The minimum Gasteiger partial charge on any atom is -0.504 e. The molecule has 0 spiro atoms. The van der Waals surface area contributed by atoms with E-state index in [0.717, 1.165) is 19.3 Å². The molecule has 0 aliphatic rings. The van der Waals surface area contributed by atoms with E-state index < -0.39 is 0 Å². The number of benzene rings is 2. The number of carbonyl (C=O) groups excluding carboxylic acids is 2. The Morgan fingerprint density at radius 1 is 0.793 bits per heavy atom. The highest BCUT2D eigenvalue weighted by atomic mass is 16.5. The predicted octanol–water partition coefficient (Wildman–Crippen LogP) is 6.45. The van der Waals surface area contributed by atoms with Gasteiger partial charge in [-0.3, -0.25) is 9.59 Å². The molecule has 1 N–H and O–H groups in total. The van der Waals surface area contributed by atoms with Gasteiger partial charge < -0.3 is 9.84 Å². The van der Waals surface area contributed by atoms with Crippen LogP contribution in [0.4, 0.5) is 0 Å². The summed E-state index contributed by atoms with van der Waals surface area (Å²) in [5.74, 6) is -0.943. The molecule has 4 nitrogen and oxygen atoms in total. The molecule has 0 saturated carbocycles. The van der Waals surface area contributed by atoms with Crippen molar-refractivity contribution >= 4 is 11.8 Å². The second kappa shape index (κ2) is 12.8. The van der Waals surface area contributed by atoms with E-state index in [1.165, 1.54) is 50.7 Å². The Morgan fingerprint density at radius 2 is 1.41 bits per heavy atom. The molecule has 2 rings (SSSR count). The monoisotopic (exact) mass is 396 g/mol. The number of phenols is 1. The summed E-state index contributed by atoms with van der Waals surface area (Å²) in [4.78, 5) is 24.7. The standard InChI is InChI=1S/C25H32O4/c1-2-3-4-5-6-7-8-9-13-19-23(26)29-22-18-14-17-21(25(22)28)24(27)20-15-11-10-12-16-20/h10-12,14-18,28H,2-9,13,19H2,1H3. The third-order valence-corrected chi connectivity index (χ3v) is 4.99. The van der Waals surface area contributed by atoms with Crippen LogP contribution in [0.5, 0.6) is 11.5 Å². The van der Waals surface area contributed by atoms with Crippen LogP contribution in [0.1, 0.15) is 87.1 Å². The van der Waals surface area contributed by atoms with Crippen LogP contribution >= 0.6 is 0 Å². The summed E-state index contributed by atoms with van der Waals surface area (Å²) in [6.07, 6.45) is 10.9. The number of aromatic hydroxyl groups is 1. The van der Waals surface area contributed by atoms with Crippen molar-refractivity contribution in [2.75, 3.05) is 0 Å². The van der Waals surface area contributed by atoms with Crippen molar-refractivity contribution < 1.29 is 19.4 Å². The number of rotatable bonds is 13. The molecule has 0 aromatic heterocycles. The Labute approximate surface area is 173 Å². The molecule has 29 heavy (non-hydrogen) atoms. The summed E-state index contributed by atoms with van der Waals surface area (Å²) in [6, 6.07) is 13.4. The van der Waals surface area contributed by atoms with Crippen molar-refractivity contribution in [1.29, 1.82) is 0 Å². The zero-order chi connectivity index (χ0) is 20.9. The fourth-order valence-electron chi connectivity index (χ4n) is 3.29. The summed E-state index contributed by atoms with van der Waals surface area (Å²) in [7, 11) is 0. The third-order valence-electron chi connectivity index (χ3n) is 4.99. The molecule has 0 aliphatic carbocycles. The van der Waals surface area contributed by atoms with Crippen molar-refractivity contribution in [3.05, 3.63) is 59.7 Å². The molecule has 0 fully saturated rings.